The molecular weight excluding hydrogens is 208 g/mol. The van der Waals surface area contributed by atoms with Crippen molar-refractivity contribution in [3.63, 3.8) is 0 Å². The maximum Gasteiger partial charge on any atom is 0.333 e. The Morgan fingerprint density at radius 1 is 0.875 bits per heavy atom. The Balaban J connectivity index is 4.24. The maximum atomic E-state index is 11.2. The van der Waals surface area contributed by atoms with E-state index in [1.54, 1.807) is 27.7 Å². The van der Waals surface area contributed by atoms with Crippen molar-refractivity contribution in [1.82, 2.24) is 0 Å². The molecule has 0 aliphatic rings. The van der Waals surface area contributed by atoms with E-state index in [1.165, 1.54) is 0 Å². The van der Waals surface area contributed by atoms with Crippen molar-refractivity contribution in [3.05, 3.63) is 24.3 Å². The summed E-state index contributed by atoms with van der Waals surface area (Å²) in [7, 11) is 0. The van der Waals surface area contributed by atoms with Crippen LogP contribution < -0.4 is 0 Å². The van der Waals surface area contributed by atoms with Gasteiger partial charge in [-0.2, -0.15) is 0 Å². The molecule has 0 bridgehead atoms. The predicted octanol–water partition coefficient (Wildman–Crippen LogP) is 2.00. The van der Waals surface area contributed by atoms with Crippen LogP contribution in [-0.2, 0) is 19.1 Å². The Labute approximate surface area is 95.9 Å². The Morgan fingerprint density at radius 2 is 1.12 bits per heavy atom. The van der Waals surface area contributed by atoms with Gasteiger partial charge < -0.3 is 9.47 Å². The van der Waals surface area contributed by atoms with Crippen LogP contribution in [0.15, 0.2) is 24.3 Å². The van der Waals surface area contributed by atoms with Gasteiger partial charge in [0.1, 0.15) is 12.2 Å². The van der Waals surface area contributed by atoms with Gasteiger partial charge in [0.25, 0.3) is 0 Å². The Bertz CT molecular complexity index is 285. The first-order valence-electron chi connectivity index (χ1n) is 4.98. The minimum absolute atomic E-state index is 0.310. The number of ether oxygens (including phenoxy) is 2. The highest BCUT2D eigenvalue weighted by molar-refractivity contribution is 5.87. The molecule has 0 aromatic rings. The van der Waals surface area contributed by atoms with Crippen molar-refractivity contribution < 1.29 is 19.1 Å². The highest BCUT2D eigenvalue weighted by Gasteiger charge is 2.20. The summed E-state index contributed by atoms with van der Waals surface area (Å²) in [5, 5.41) is 0. The molecule has 0 saturated carbocycles. The van der Waals surface area contributed by atoms with Crippen LogP contribution in [0.1, 0.15) is 27.7 Å². The molecule has 0 aromatic carbocycles. The highest BCUT2D eigenvalue weighted by Crippen LogP contribution is 2.08. The van der Waals surface area contributed by atoms with Crippen molar-refractivity contribution in [3.8, 4) is 0 Å². The number of hydrogen-bond donors (Lipinski definition) is 0. The molecule has 0 aliphatic carbocycles. The van der Waals surface area contributed by atoms with Gasteiger partial charge in [-0.05, 0) is 27.7 Å². The van der Waals surface area contributed by atoms with E-state index in [9.17, 15) is 9.59 Å². The molecule has 4 heteroatoms. The minimum atomic E-state index is -0.521. The highest BCUT2D eigenvalue weighted by atomic mass is 16.6. The first-order chi connectivity index (χ1) is 7.25. The van der Waals surface area contributed by atoms with Gasteiger partial charge in [-0.1, -0.05) is 13.2 Å². The molecule has 0 unspecified atom stereocenters. The van der Waals surface area contributed by atoms with E-state index in [-0.39, 0.29) is 0 Å². The third-order valence-corrected chi connectivity index (χ3v) is 1.94. The zero-order valence-corrected chi connectivity index (χ0v) is 10.2. The lowest BCUT2D eigenvalue weighted by Crippen LogP contribution is -2.31. The molecule has 4 nitrogen and oxygen atoms in total. The van der Waals surface area contributed by atoms with Gasteiger partial charge in [0.05, 0.1) is 0 Å². The monoisotopic (exact) mass is 226 g/mol. The van der Waals surface area contributed by atoms with E-state index in [0.717, 1.165) is 0 Å². The summed E-state index contributed by atoms with van der Waals surface area (Å²) < 4.78 is 10.0. The quantitative estimate of drug-likeness (QED) is 0.531. The van der Waals surface area contributed by atoms with E-state index in [1.807, 2.05) is 0 Å². The van der Waals surface area contributed by atoms with Crippen LogP contribution in [0.25, 0.3) is 0 Å². The van der Waals surface area contributed by atoms with E-state index in [2.05, 4.69) is 13.2 Å². The molecule has 0 aromatic heterocycles. The molecule has 0 aliphatic heterocycles. The second-order valence-electron chi connectivity index (χ2n) is 3.78. The van der Waals surface area contributed by atoms with E-state index in [0.29, 0.717) is 11.1 Å². The second kappa shape index (κ2) is 6.10. The first kappa shape index (κ1) is 14.4. The lowest BCUT2D eigenvalue weighted by Gasteiger charge is -2.20. The van der Waals surface area contributed by atoms with Crippen LogP contribution in [0.2, 0.25) is 0 Å². The van der Waals surface area contributed by atoms with Crippen LogP contribution in [0, 0.1) is 0 Å². The van der Waals surface area contributed by atoms with Gasteiger partial charge in [0.15, 0.2) is 0 Å². The summed E-state index contributed by atoms with van der Waals surface area (Å²) in [6, 6.07) is 0. The van der Waals surface area contributed by atoms with E-state index < -0.39 is 24.1 Å². The predicted molar refractivity (Wildman–Crippen MR) is 60.7 cm³/mol. The molecule has 0 N–H and O–H groups in total. The fraction of sp³-hybridized carbons (Fsp3) is 0.500. The van der Waals surface area contributed by atoms with Crippen molar-refractivity contribution in [1.29, 1.82) is 0 Å². The zero-order valence-electron chi connectivity index (χ0n) is 10.2. The first-order valence-corrected chi connectivity index (χ1v) is 4.98. The number of esters is 2. The van der Waals surface area contributed by atoms with Crippen molar-refractivity contribution in [2.75, 3.05) is 0 Å². The smallest absolute Gasteiger partial charge is 0.333 e. The summed E-state index contributed by atoms with van der Waals surface area (Å²) in [6.07, 6.45) is -1.04. The summed E-state index contributed by atoms with van der Waals surface area (Å²) >= 11 is 0. The summed E-state index contributed by atoms with van der Waals surface area (Å²) in [5.41, 5.74) is 0.621. The largest absolute Gasteiger partial charge is 0.455 e. The fourth-order valence-corrected chi connectivity index (χ4v) is 0.730. The average molecular weight is 226 g/mol. The maximum absolute atomic E-state index is 11.2. The standard InChI is InChI=1S/C12H18O4/c1-7(2)11(13)15-9(5)10(6)16-12(14)8(3)4/h9-10H,1,3H2,2,4-6H3/t9-,10-/m1/s1. The number of carbonyl (C=O) groups is 2. The molecule has 0 radical (unpaired) electrons. The lowest BCUT2D eigenvalue weighted by molar-refractivity contribution is -0.160. The summed E-state index contributed by atoms with van der Waals surface area (Å²) in [4.78, 5) is 22.4. The Hall–Kier alpha value is -1.58. The molecule has 0 amide bonds. The molecule has 0 fully saturated rings. The number of rotatable bonds is 5. The molecule has 0 rings (SSSR count). The molecule has 2 atom stereocenters. The Kier molecular flexibility index (Phi) is 5.50. The average Bonchev–Trinajstić information content (AvgIpc) is 2.16. The third kappa shape index (κ3) is 4.77. The normalized spacial score (nSPS) is 13.5. The van der Waals surface area contributed by atoms with Crippen molar-refractivity contribution >= 4 is 11.9 Å². The van der Waals surface area contributed by atoms with Gasteiger partial charge in [-0.3, -0.25) is 0 Å². The van der Waals surface area contributed by atoms with Crippen LogP contribution >= 0.6 is 0 Å². The van der Waals surface area contributed by atoms with Gasteiger partial charge >= 0.3 is 11.9 Å². The Morgan fingerprint density at radius 3 is 1.31 bits per heavy atom. The van der Waals surface area contributed by atoms with Crippen LogP contribution in [-0.4, -0.2) is 24.1 Å². The van der Waals surface area contributed by atoms with Crippen molar-refractivity contribution in [2.45, 2.75) is 39.9 Å². The number of carbonyl (C=O) groups excluding carboxylic acids is 2. The van der Waals surface area contributed by atoms with Crippen LogP contribution in [0.5, 0.6) is 0 Å². The molecule has 0 saturated heterocycles. The van der Waals surface area contributed by atoms with Gasteiger partial charge in [0, 0.05) is 11.1 Å². The van der Waals surface area contributed by atoms with Crippen molar-refractivity contribution in [2.24, 2.45) is 0 Å². The molecule has 16 heavy (non-hydrogen) atoms. The van der Waals surface area contributed by atoms with Gasteiger partial charge in [0.2, 0.25) is 0 Å². The second-order valence-corrected chi connectivity index (χ2v) is 3.78. The van der Waals surface area contributed by atoms with E-state index >= 15 is 0 Å². The summed E-state index contributed by atoms with van der Waals surface area (Å²) in [5.74, 6) is -0.989. The molecular formula is C12H18O4. The minimum Gasteiger partial charge on any atom is -0.455 e. The van der Waals surface area contributed by atoms with E-state index in [4.69, 9.17) is 9.47 Å². The third-order valence-electron chi connectivity index (χ3n) is 1.94. The van der Waals surface area contributed by atoms with Gasteiger partial charge in [-0.25, -0.2) is 9.59 Å². The topological polar surface area (TPSA) is 52.6 Å². The summed E-state index contributed by atoms with van der Waals surface area (Å²) in [6.45, 7) is 13.3. The number of hydrogen-bond acceptors (Lipinski definition) is 4. The zero-order chi connectivity index (χ0) is 12.9. The molecule has 90 valence electrons. The fourth-order valence-electron chi connectivity index (χ4n) is 0.730. The SMILES string of the molecule is C=C(C)C(=O)O[C@H](C)[C@@H](C)OC(=O)C(=C)C. The van der Waals surface area contributed by atoms with Crippen LogP contribution in [0.4, 0.5) is 0 Å². The van der Waals surface area contributed by atoms with Crippen LogP contribution in [0.3, 0.4) is 0 Å². The molecule has 0 spiro atoms. The van der Waals surface area contributed by atoms with Gasteiger partial charge in [-0.15, -0.1) is 0 Å². The molecule has 0 heterocycles. The lowest BCUT2D eigenvalue weighted by atomic mass is 10.2.